The Kier molecular flexibility index (Phi) is 5.55. The monoisotopic (exact) mass is 372 g/mol. The molecule has 25 heavy (non-hydrogen) atoms. The van der Waals surface area contributed by atoms with E-state index in [1.165, 1.54) is 17.3 Å². The first-order valence-electron chi connectivity index (χ1n) is 7.90. The number of benzene rings is 1. The molecule has 7 heteroatoms. The van der Waals surface area contributed by atoms with Gasteiger partial charge in [0.25, 0.3) is 0 Å². The molecule has 5 nitrogen and oxygen atoms in total. The van der Waals surface area contributed by atoms with Gasteiger partial charge in [0.05, 0.1) is 11.4 Å². The third-order valence-electron chi connectivity index (χ3n) is 3.88. The largest absolute Gasteiger partial charge is 0.341 e. The van der Waals surface area contributed by atoms with Crippen LogP contribution in [0.1, 0.15) is 16.7 Å². The van der Waals surface area contributed by atoms with Gasteiger partial charge >= 0.3 is 0 Å². The minimum absolute atomic E-state index is 0.0754. The van der Waals surface area contributed by atoms with Crippen molar-refractivity contribution in [1.29, 1.82) is 0 Å². The van der Waals surface area contributed by atoms with Gasteiger partial charge in [-0.05, 0) is 47.9 Å². The first-order valence-corrected chi connectivity index (χ1v) is 9.83. The first-order chi connectivity index (χ1) is 12.0. The summed E-state index contributed by atoms with van der Waals surface area (Å²) in [6.45, 7) is 4.77. The van der Waals surface area contributed by atoms with E-state index in [-0.39, 0.29) is 5.91 Å². The van der Waals surface area contributed by atoms with Gasteiger partial charge in [0.2, 0.25) is 5.91 Å². The van der Waals surface area contributed by atoms with Gasteiger partial charge in [0, 0.05) is 13.6 Å². The van der Waals surface area contributed by atoms with Crippen molar-refractivity contribution in [2.75, 3.05) is 12.8 Å². The van der Waals surface area contributed by atoms with Crippen LogP contribution in [0.15, 0.2) is 46.5 Å². The molecule has 1 amide bonds. The summed E-state index contributed by atoms with van der Waals surface area (Å²) in [6, 6.07) is 8.29. The molecule has 0 atom stereocenters. The fraction of sp³-hybridized carbons (Fsp3) is 0.278. The van der Waals surface area contributed by atoms with Crippen molar-refractivity contribution >= 4 is 29.0 Å². The summed E-state index contributed by atoms with van der Waals surface area (Å²) in [7, 11) is 1.83. The van der Waals surface area contributed by atoms with Gasteiger partial charge in [0.15, 0.2) is 5.16 Å². The van der Waals surface area contributed by atoms with E-state index in [0.29, 0.717) is 12.3 Å². The molecule has 0 bridgehead atoms. The number of aryl methyl sites for hydroxylation is 2. The van der Waals surface area contributed by atoms with Crippen LogP contribution in [0, 0.1) is 13.8 Å². The fourth-order valence-electron chi connectivity index (χ4n) is 2.54. The number of carbonyl (C=O) groups excluding carboxylic acids is 1. The molecule has 0 aliphatic heterocycles. The molecule has 130 valence electrons. The summed E-state index contributed by atoms with van der Waals surface area (Å²) < 4.78 is 1.94. The molecule has 0 aliphatic carbocycles. The number of nitrogens with zero attached hydrogens (tertiary/aromatic N) is 4. The summed E-state index contributed by atoms with van der Waals surface area (Å²) >= 11 is 3.05. The van der Waals surface area contributed by atoms with Crippen molar-refractivity contribution < 1.29 is 4.79 Å². The van der Waals surface area contributed by atoms with Crippen LogP contribution in [-0.2, 0) is 11.3 Å². The number of amides is 1. The second kappa shape index (κ2) is 7.84. The Balaban J connectivity index is 1.66. The van der Waals surface area contributed by atoms with Crippen LogP contribution in [0.2, 0.25) is 0 Å². The SMILES string of the molecule is Cc1ccc(-n2cnnc2SCC(=O)N(C)Cc2ccsc2)c(C)c1. The van der Waals surface area contributed by atoms with Gasteiger partial charge in [-0.25, -0.2) is 0 Å². The van der Waals surface area contributed by atoms with Gasteiger partial charge in [-0.1, -0.05) is 29.5 Å². The Morgan fingerprint density at radius 1 is 1.32 bits per heavy atom. The van der Waals surface area contributed by atoms with E-state index >= 15 is 0 Å². The van der Waals surface area contributed by atoms with E-state index in [2.05, 4.69) is 47.6 Å². The van der Waals surface area contributed by atoms with Crippen LogP contribution in [0.25, 0.3) is 5.69 Å². The highest BCUT2D eigenvalue weighted by molar-refractivity contribution is 7.99. The topological polar surface area (TPSA) is 51.0 Å². The summed E-state index contributed by atoms with van der Waals surface area (Å²) in [5.41, 5.74) is 4.57. The third kappa shape index (κ3) is 4.29. The molecular formula is C18H20N4OS2. The van der Waals surface area contributed by atoms with Crippen LogP contribution < -0.4 is 0 Å². The maximum Gasteiger partial charge on any atom is 0.233 e. The van der Waals surface area contributed by atoms with Gasteiger partial charge in [0.1, 0.15) is 6.33 Å². The van der Waals surface area contributed by atoms with Crippen molar-refractivity contribution in [3.05, 3.63) is 58.0 Å². The molecule has 0 saturated carbocycles. The molecular weight excluding hydrogens is 352 g/mol. The Morgan fingerprint density at radius 3 is 2.88 bits per heavy atom. The highest BCUT2D eigenvalue weighted by Crippen LogP contribution is 2.23. The Labute approximate surface area is 155 Å². The number of rotatable bonds is 6. The molecule has 0 N–H and O–H groups in total. The van der Waals surface area contributed by atoms with E-state index in [4.69, 9.17) is 0 Å². The molecule has 3 aromatic rings. The summed E-state index contributed by atoms with van der Waals surface area (Å²) in [6.07, 6.45) is 1.69. The van der Waals surface area contributed by atoms with Crippen LogP contribution in [0.5, 0.6) is 0 Å². The predicted molar refractivity (Wildman–Crippen MR) is 102 cm³/mol. The number of thioether (sulfide) groups is 1. The molecule has 0 spiro atoms. The van der Waals surface area contributed by atoms with Crippen LogP contribution in [-0.4, -0.2) is 38.4 Å². The lowest BCUT2D eigenvalue weighted by molar-refractivity contribution is -0.127. The maximum absolute atomic E-state index is 12.4. The summed E-state index contributed by atoms with van der Waals surface area (Å²) in [5, 5.41) is 13.0. The van der Waals surface area contributed by atoms with Crippen molar-refractivity contribution in [2.45, 2.75) is 25.5 Å². The van der Waals surface area contributed by atoms with Crippen molar-refractivity contribution in [2.24, 2.45) is 0 Å². The Hall–Kier alpha value is -2.12. The second-order valence-corrected chi connectivity index (χ2v) is 7.67. The minimum Gasteiger partial charge on any atom is -0.341 e. The second-order valence-electron chi connectivity index (χ2n) is 5.94. The molecule has 0 aliphatic rings. The van der Waals surface area contributed by atoms with Crippen molar-refractivity contribution in [3.63, 3.8) is 0 Å². The lowest BCUT2D eigenvalue weighted by atomic mass is 10.1. The molecule has 2 aromatic heterocycles. The van der Waals surface area contributed by atoms with Gasteiger partial charge in [-0.15, -0.1) is 10.2 Å². The standard InChI is InChI=1S/C18H20N4OS2/c1-13-4-5-16(14(2)8-13)22-12-19-20-18(22)25-11-17(23)21(3)9-15-6-7-24-10-15/h4-8,10,12H,9,11H2,1-3H3. The number of thiophene rings is 1. The van der Waals surface area contributed by atoms with E-state index in [1.807, 2.05) is 23.1 Å². The molecule has 2 heterocycles. The number of aromatic nitrogens is 3. The lowest BCUT2D eigenvalue weighted by Crippen LogP contribution is -2.27. The number of hydrogen-bond donors (Lipinski definition) is 0. The molecule has 0 fully saturated rings. The van der Waals surface area contributed by atoms with Crippen molar-refractivity contribution in [3.8, 4) is 5.69 Å². The summed E-state index contributed by atoms with van der Waals surface area (Å²) in [4.78, 5) is 14.1. The maximum atomic E-state index is 12.4. The van der Waals surface area contributed by atoms with Crippen LogP contribution in [0.3, 0.4) is 0 Å². The molecule has 3 rings (SSSR count). The average molecular weight is 373 g/mol. The Bertz CT molecular complexity index is 858. The van der Waals surface area contributed by atoms with Crippen molar-refractivity contribution in [1.82, 2.24) is 19.7 Å². The molecule has 0 saturated heterocycles. The molecule has 0 radical (unpaired) electrons. The minimum atomic E-state index is 0.0754. The third-order valence-corrected chi connectivity index (χ3v) is 5.54. The Morgan fingerprint density at radius 2 is 2.16 bits per heavy atom. The highest BCUT2D eigenvalue weighted by Gasteiger charge is 2.14. The van der Waals surface area contributed by atoms with Gasteiger partial charge in [-0.3, -0.25) is 9.36 Å². The smallest absolute Gasteiger partial charge is 0.233 e. The summed E-state index contributed by atoms with van der Waals surface area (Å²) in [5.74, 6) is 0.413. The zero-order chi connectivity index (χ0) is 17.8. The number of carbonyl (C=O) groups is 1. The lowest BCUT2D eigenvalue weighted by Gasteiger charge is -2.16. The fourth-order valence-corrected chi connectivity index (χ4v) is 4.07. The zero-order valence-corrected chi connectivity index (χ0v) is 16.1. The van der Waals surface area contributed by atoms with E-state index in [9.17, 15) is 4.79 Å². The van der Waals surface area contributed by atoms with Crippen LogP contribution >= 0.6 is 23.1 Å². The molecule has 0 unspecified atom stereocenters. The van der Waals surface area contributed by atoms with Gasteiger partial charge < -0.3 is 4.90 Å². The normalized spacial score (nSPS) is 10.8. The quantitative estimate of drug-likeness (QED) is 0.619. The van der Waals surface area contributed by atoms with E-state index < -0.39 is 0 Å². The first kappa shape index (κ1) is 17.7. The van der Waals surface area contributed by atoms with E-state index in [1.54, 1.807) is 22.6 Å². The zero-order valence-electron chi connectivity index (χ0n) is 14.5. The van der Waals surface area contributed by atoms with Crippen LogP contribution in [0.4, 0.5) is 0 Å². The average Bonchev–Trinajstić information content (AvgIpc) is 3.24. The predicted octanol–water partition coefficient (Wildman–Crippen LogP) is 3.70. The van der Waals surface area contributed by atoms with E-state index in [0.717, 1.165) is 22.0 Å². The highest BCUT2D eigenvalue weighted by atomic mass is 32.2. The van der Waals surface area contributed by atoms with Gasteiger partial charge in [-0.2, -0.15) is 11.3 Å². The molecule has 1 aromatic carbocycles. The number of hydrogen-bond acceptors (Lipinski definition) is 5.